The van der Waals surface area contributed by atoms with Gasteiger partial charge in [-0.15, -0.1) is 0 Å². The largest absolute Gasteiger partial charge is 0.508 e. The molecule has 21 heavy (non-hydrogen) atoms. The smallest absolute Gasteiger partial charge is 0.389 e. The highest BCUT2D eigenvalue weighted by atomic mass is 19.4. The minimum absolute atomic E-state index is 0.105. The normalized spacial score (nSPS) is 18.6. The van der Waals surface area contributed by atoms with Crippen LogP contribution in [-0.4, -0.2) is 47.5 Å². The average molecular weight is 304 g/mol. The summed E-state index contributed by atoms with van der Waals surface area (Å²) in [4.78, 5) is 1.94. The maximum Gasteiger partial charge on any atom is 0.389 e. The second kappa shape index (κ2) is 6.53. The number of aromatic hydroxyl groups is 2. The van der Waals surface area contributed by atoms with Crippen LogP contribution in [0.15, 0.2) is 18.2 Å². The quantitative estimate of drug-likeness (QED) is 0.799. The van der Waals surface area contributed by atoms with E-state index in [4.69, 9.17) is 0 Å². The third-order valence-electron chi connectivity index (χ3n) is 3.67. The highest BCUT2D eigenvalue weighted by Gasteiger charge is 2.32. The fourth-order valence-corrected chi connectivity index (χ4v) is 2.64. The topological polar surface area (TPSA) is 55.7 Å². The fourth-order valence-electron chi connectivity index (χ4n) is 2.64. The van der Waals surface area contributed by atoms with Gasteiger partial charge in [-0.05, 0) is 12.5 Å². The van der Waals surface area contributed by atoms with Crippen molar-refractivity contribution in [2.45, 2.75) is 25.1 Å². The van der Waals surface area contributed by atoms with Gasteiger partial charge in [0.2, 0.25) is 0 Å². The Morgan fingerprint density at radius 1 is 1.19 bits per heavy atom. The summed E-state index contributed by atoms with van der Waals surface area (Å²) in [5.41, 5.74) is 0.430. The first-order chi connectivity index (χ1) is 9.87. The number of hydrogen-bond acceptors (Lipinski definition) is 4. The van der Waals surface area contributed by atoms with Crippen LogP contribution >= 0.6 is 0 Å². The van der Waals surface area contributed by atoms with E-state index in [1.54, 1.807) is 0 Å². The van der Waals surface area contributed by atoms with E-state index in [2.05, 4.69) is 5.32 Å². The van der Waals surface area contributed by atoms with E-state index in [9.17, 15) is 23.4 Å². The lowest BCUT2D eigenvalue weighted by molar-refractivity contribution is -0.138. The molecule has 0 radical (unpaired) electrons. The van der Waals surface area contributed by atoms with Gasteiger partial charge in [-0.25, -0.2) is 0 Å². The standard InChI is InChI=1S/C14H19F3N2O2/c15-14(16,17)4-3-12(19-7-5-18-6-8-19)11-2-1-10(20)9-13(11)21/h1-2,9,12,18,20-21H,3-8H2/t12-/m0/s1. The molecule has 0 aliphatic carbocycles. The molecule has 0 saturated carbocycles. The zero-order valence-electron chi connectivity index (χ0n) is 11.5. The summed E-state index contributed by atoms with van der Waals surface area (Å²) in [6.07, 6.45) is -5.23. The Kier molecular flexibility index (Phi) is 4.95. The Bertz CT molecular complexity index is 474. The van der Waals surface area contributed by atoms with Gasteiger partial charge in [-0.1, -0.05) is 6.07 Å². The van der Waals surface area contributed by atoms with Gasteiger partial charge < -0.3 is 15.5 Å². The molecule has 1 aliphatic heterocycles. The molecule has 3 N–H and O–H groups in total. The van der Waals surface area contributed by atoms with Crippen LogP contribution in [0, 0.1) is 0 Å². The molecule has 1 fully saturated rings. The SMILES string of the molecule is Oc1ccc([C@H](CCC(F)(F)F)N2CCNCC2)c(O)c1. The lowest BCUT2D eigenvalue weighted by atomic mass is 9.98. The van der Waals surface area contributed by atoms with Crippen LogP contribution in [0.3, 0.4) is 0 Å². The number of nitrogens with zero attached hydrogens (tertiary/aromatic N) is 1. The summed E-state index contributed by atoms with van der Waals surface area (Å²) in [5, 5.41) is 22.4. The first kappa shape index (κ1) is 15.9. The number of halogens is 3. The number of phenolic OH excluding ortho intramolecular Hbond substituents is 2. The van der Waals surface area contributed by atoms with Crippen LogP contribution in [0.25, 0.3) is 0 Å². The zero-order valence-corrected chi connectivity index (χ0v) is 11.5. The van der Waals surface area contributed by atoms with Crippen molar-refractivity contribution in [1.82, 2.24) is 10.2 Å². The van der Waals surface area contributed by atoms with Crippen LogP contribution in [0.1, 0.15) is 24.4 Å². The zero-order chi connectivity index (χ0) is 15.5. The van der Waals surface area contributed by atoms with Crippen molar-refractivity contribution >= 4 is 0 Å². The summed E-state index contributed by atoms with van der Waals surface area (Å²) in [7, 11) is 0. The van der Waals surface area contributed by atoms with Crippen molar-refractivity contribution in [2.75, 3.05) is 26.2 Å². The molecule has 1 aromatic carbocycles. The van der Waals surface area contributed by atoms with E-state index < -0.39 is 18.6 Å². The molecule has 1 aromatic rings. The molecule has 1 saturated heterocycles. The molecule has 0 amide bonds. The van der Waals surface area contributed by atoms with E-state index in [1.165, 1.54) is 12.1 Å². The van der Waals surface area contributed by atoms with E-state index in [1.807, 2.05) is 4.90 Å². The molecule has 0 spiro atoms. The van der Waals surface area contributed by atoms with Gasteiger partial charge in [-0.2, -0.15) is 13.2 Å². The molecule has 2 rings (SSSR count). The minimum Gasteiger partial charge on any atom is -0.508 e. The van der Waals surface area contributed by atoms with Gasteiger partial charge in [0.05, 0.1) is 0 Å². The van der Waals surface area contributed by atoms with Crippen LogP contribution < -0.4 is 5.32 Å². The highest BCUT2D eigenvalue weighted by Crippen LogP contribution is 2.36. The van der Waals surface area contributed by atoms with Crippen molar-refractivity contribution in [2.24, 2.45) is 0 Å². The van der Waals surface area contributed by atoms with Crippen LogP contribution in [0.5, 0.6) is 11.5 Å². The maximum atomic E-state index is 12.5. The van der Waals surface area contributed by atoms with E-state index in [-0.39, 0.29) is 17.9 Å². The van der Waals surface area contributed by atoms with Gasteiger partial charge in [0, 0.05) is 50.3 Å². The Hall–Kier alpha value is -1.47. The predicted octanol–water partition coefficient (Wildman–Crippen LogP) is 2.39. The summed E-state index contributed by atoms with van der Waals surface area (Å²) in [5.74, 6) is -0.271. The average Bonchev–Trinajstić information content (AvgIpc) is 2.41. The van der Waals surface area contributed by atoms with Gasteiger partial charge in [0.1, 0.15) is 11.5 Å². The Morgan fingerprint density at radius 2 is 1.86 bits per heavy atom. The molecule has 1 aliphatic rings. The lowest BCUT2D eigenvalue weighted by Gasteiger charge is -2.35. The highest BCUT2D eigenvalue weighted by molar-refractivity contribution is 5.41. The third kappa shape index (κ3) is 4.50. The van der Waals surface area contributed by atoms with Crippen molar-refractivity contribution in [3.63, 3.8) is 0 Å². The van der Waals surface area contributed by atoms with Crippen molar-refractivity contribution in [3.05, 3.63) is 23.8 Å². The number of benzene rings is 1. The van der Waals surface area contributed by atoms with Crippen molar-refractivity contribution in [1.29, 1.82) is 0 Å². The van der Waals surface area contributed by atoms with Crippen molar-refractivity contribution < 1.29 is 23.4 Å². The molecule has 4 nitrogen and oxygen atoms in total. The summed E-state index contributed by atoms with van der Waals surface area (Å²) in [6.45, 7) is 2.68. The predicted molar refractivity (Wildman–Crippen MR) is 72.2 cm³/mol. The number of piperazine rings is 1. The van der Waals surface area contributed by atoms with Gasteiger partial charge in [-0.3, -0.25) is 4.90 Å². The lowest BCUT2D eigenvalue weighted by Crippen LogP contribution is -2.45. The third-order valence-corrected chi connectivity index (χ3v) is 3.67. The Labute approximate surface area is 121 Å². The molecule has 1 atom stereocenters. The Balaban J connectivity index is 2.21. The number of phenols is 2. The molecular weight excluding hydrogens is 285 g/mol. The van der Waals surface area contributed by atoms with Crippen LogP contribution in [-0.2, 0) is 0 Å². The maximum absolute atomic E-state index is 12.5. The first-order valence-electron chi connectivity index (χ1n) is 6.90. The molecule has 0 unspecified atom stereocenters. The number of hydrogen-bond donors (Lipinski definition) is 3. The monoisotopic (exact) mass is 304 g/mol. The Morgan fingerprint density at radius 3 is 2.43 bits per heavy atom. The van der Waals surface area contributed by atoms with E-state index >= 15 is 0 Å². The molecule has 0 bridgehead atoms. The number of rotatable bonds is 4. The van der Waals surface area contributed by atoms with Gasteiger partial charge in [0.25, 0.3) is 0 Å². The molecule has 1 heterocycles. The summed E-state index contributed by atoms with van der Waals surface area (Å²) < 4.78 is 37.6. The van der Waals surface area contributed by atoms with Gasteiger partial charge in [0.15, 0.2) is 0 Å². The molecular formula is C14H19F3N2O2. The van der Waals surface area contributed by atoms with Crippen LogP contribution in [0.2, 0.25) is 0 Å². The molecule has 0 aromatic heterocycles. The van der Waals surface area contributed by atoms with Crippen molar-refractivity contribution in [3.8, 4) is 11.5 Å². The van der Waals surface area contributed by atoms with Crippen LogP contribution in [0.4, 0.5) is 13.2 Å². The van der Waals surface area contributed by atoms with Gasteiger partial charge >= 0.3 is 6.18 Å². The first-order valence-corrected chi connectivity index (χ1v) is 6.90. The molecule has 118 valence electrons. The second-order valence-corrected chi connectivity index (χ2v) is 5.20. The number of alkyl halides is 3. The molecule has 7 heteroatoms. The summed E-state index contributed by atoms with van der Waals surface area (Å²) in [6, 6.07) is 3.54. The fraction of sp³-hybridized carbons (Fsp3) is 0.571. The van der Waals surface area contributed by atoms with E-state index in [0.29, 0.717) is 31.7 Å². The second-order valence-electron chi connectivity index (χ2n) is 5.20. The number of nitrogens with one attached hydrogen (secondary N) is 1. The van der Waals surface area contributed by atoms with E-state index in [0.717, 1.165) is 6.07 Å². The minimum atomic E-state index is -4.22. The summed E-state index contributed by atoms with van der Waals surface area (Å²) >= 11 is 0.